The van der Waals surface area contributed by atoms with Crippen LogP contribution in [0.5, 0.6) is 5.75 Å². The lowest BCUT2D eigenvalue weighted by molar-refractivity contribution is -0.120. The Bertz CT molecular complexity index is 865. The highest BCUT2D eigenvalue weighted by atomic mass is 32.2. The van der Waals surface area contributed by atoms with Crippen LogP contribution >= 0.6 is 0 Å². The molecule has 1 atom stereocenters. The maximum absolute atomic E-state index is 12.7. The van der Waals surface area contributed by atoms with Crippen LogP contribution in [0.3, 0.4) is 0 Å². The zero-order valence-corrected chi connectivity index (χ0v) is 17.6. The highest BCUT2D eigenvalue weighted by Gasteiger charge is 2.23. The molecule has 0 radical (unpaired) electrons. The monoisotopic (exact) mass is 404 g/mol. The van der Waals surface area contributed by atoms with Gasteiger partial charge < -0.3 is 10.1 Å². The van der Waals surface area contributed by atoms with Crippen LogP contribution < -0.4 is 14.4 Å². The molecule has 0 spiro atoms. The average Bonchev–Trinajstić information content (AvgIpc) is 2.65. The fraction of sp³-hybridized carbons (Fsp3) is 0.381. The van der Waals surface area contributed by atoms with Crippen molar-refractivity contribution in [1.82, 2.24) is 5.32 Å². The van der Waals surface area contributed by atoms with E-state index in [0.717, 1.165) is 22.5 Å². The third-order valence-corrected chi connectivity index (χ3v) is 5.43. The second kappa shape index (κ2) is 9.59. The number of sulfonamides is 1. The van der Waals surface area contributed by atoms with Crippen LogP contribution in [-0.4, -0.2) is 34.2 Å². The third-order valence-electron chi connectivity index (χ3n) is 4.29. The molecule has 1 amide bonds. The van der Waals surface area contributed by atoms with Gasteiger partial charge in [-0.25, -0.2) is 8.42 Å². The number of amides is 1. The number of carbonyl (C=O) groups is 1. The first-order chi connectivity index (χ1) is 13.2. The second-order valence-electron chi connectivity index (χ2n) is 7.13. The predicted octanol–water partition coefficient (Wildman–Crippen LogP) is 3.36. The molecule has 0 fully saturated rings. The van der Waals surface area contributed by atoms with E-state index in [0.29, 0.717) is 17.4 Å². The smallest absolute Gasteiger partial charge is 0.241 e. The van der Waals surface area contributed by atoms with Crippen molar-refractivity contribution >= 4 is 21.6 Å². The third kappa shape index (κ3) is 6.27. The lowest BCUT2D eigenvalue weighted by Crippen LogP contribution is -2.41. The zero-order chi connectivity index (χ0) is 20.7. The Kier molecular flexibility index (Phi) is 7.45. The molecule has 0 aromatic heterocycles. The van der Waals surface area contributed by atoms with Gasteiger partial charge in [-0.2, -0.15) is 0 Å². The molecule has 152 valence electrons. The van der Waals surface area contributed by atoms with Crippen molar-refractivity contribution in [2.45, 2.75) is 26.3 Å². The first-order valence-corrected chi connectivity index (χ1v) is 11.0. The number of hydrogen-bond acceptors (Lipinski definition) is 4. The number of nitrogens with one attached hydrogen (secondary N) is 1. The van der Waals surface area contributed by atoms with E-state index in [9.17, 15) is 13.2 Å². The maximum Gasteiger partial charge on any atom is 0.241 e. The van der Waals surface area contributed by atoms with Crippen molar-refractivity contribution in [2.75, 3.05) is 24.2 Å². The number of rotatable bonds is 9. The standard InChI is InChI=1S/C21H28N2O4S/c1-16(2)14-20(17-8-6-5-7-9-17)22-21(24)15-23(28(4,25)26)18-10-12-19(27-3)13-11-18/h5-13,16,20H,14-15H2,1-4H3,(H,22,24)/t20-/m1/s1. The SMILES string of the molecule is COc1ccc(N(CC(=O)N[C@H](CC(C)C)c2ccccc2)S(C)(=O)=O)cc1. The van der Waals surface area contributed by atoms with E-state index < -0.39 is 10.0 Å². The normalized spacial score (nSPS) is 12.5. The fourth-order valence-electron chi connectivity index (χ4n) is 2.95. The topological polar surface area (TPSA) is 75.7 Å². The highest BCUT2D eigenvalue weighted by molar-refractivity contribution is 7.92. The van der Waals surface area contributed by atoms with E-state index in [-0.39, 0.29) is 18.5 Å². The van der Waals surface area contributed by atoms with Gasteiger partial charge in [-0.3, -0.25) is 9.10 Å². The molecular formula is C21H28N2O4S. The number of nitrogens with zero attached hydrogens (tertiary/aromatic N) is 1. The van der Waals surface area contributed by atoms with Gasteiger partial charge in [0.25, 0.3) is 0 Å². The summed E-state index contributed by atoms with van der Waals surface area (Å²) in [4.78, 5) is 12.7. The predicted molar refractivity (Wildman–Crippen MR) is 112 cm³/mol. The van der Waals surface area contributed by atoms with Crippen LogP contribution in [0.2, 0.25) is 0 Å². The van der Waals surface area contributed by atoms with Crippen LogP contribution in [0.1, 0.15) is 31.9 Å². The molecule has 1 N–H and O–H groups in total. The largest absolute Gasteiger partial charge is 0.497 e. The summed E-state index contributed by atoms with van der Waals surface area (Å²) in [7, 11) is -2.09. The van der Waals surface area contributed by atoms with Gasteiger partial charge in [-0.15, -0.1) is 0 Å². The van der Waals surface area contributed by atoms with E-state index in [1.54, 1.807) is 24.3 Å². The zero-order valence-electron chi connectivity index (χ0n) is 16.8. The number of anilines is 1. The van der Waals surface area contributed by atoms with Crippen LogP contribution in [0.15, 0.2) is 54.6 Å². The van der Waals surface area contributed by atoms with E-state index >= 15 is 0 Å². The van der Waals surface area contributed by atoms with Crippen molar-refractivity contribution in [1.29, 1.82) is 0 Å². The summed E-state index contributed by atoms with van der Waals surface area (Å²) < 4.78 is 30.7. The summed E-state index contributed by atoms with van der Waals surface area (Å²) in [6, 6.07) is 16.1. The number of methoxy groups -OCH3 is 1. The maximum atomic E-state index is 12.7. The van der Waals surface area contributed by atoms with Crippen LogP contribution in [0.25, 0.3) is 0 Å². The van der Waals surface area contributed by atoms with E-state index in [4.69, 9.17) is 4.74 Å². The van der Waals surface area contributed by atoms with Gasteiger partial charge in [0.2, 0.25) is 15.9 Å². The molecule has 6 nitrogen and oxygen atoms in total. The number of benzene rings is 2. The molecule has 2 aromatic rings. The van der Waals surface area contributed by atoms with E-state index in [1.807, 2.05) is 30.3 Å². The minimum absolute atomic E-state index is 0.175. The Hall–Kier alpha value is -2.54. The summed E-state index contributed by atoms with van der Waals surface area (Å²) in [6.45, 7) is 3.89. The molecule has 0 aliphatic rings. The Labute approximate surface area is 167 Å². The van der Waals surface area contributed by atoms with Gasteiger partial charge in [-0.05, 0) is 42.2 Å². The fourth-order valence-corrected chi connectivity index (χ4v) is 3.81. The quantitative estimate of drug-likeness (QED) is 0.695. The molecule has 0 saturated carbocycles. The van der Waals surface area contributed by atoms with Gasteiger partial charge in [0.1, 0.15) is 12.3 Å². The Balaban J connectivity index is 2.19. The van der Waals surface area contributed by atoms with Gasteiger partial charge >= 0.3 is 0 Å². The van der Waals surface area contributed by atoms with E-state index in [1.165, 1.54) is 7.11 Å². The van der Waals surface area contributed by atoms with Gasteiger partial charge in [0.15, 0.2) is 0 Å². The van der Waals surface area contributed by atoms with Crippen LogP contribution in [0, 0.1) is 5.92 Å². The van der Waals surface area contributed by atoms with Crippen LogP contribution in [0.4, 0.5) is 5.69 Å². The average molecular weight is 405 g/mol. The molecule has 0 heterocycles. The second-order valence-corrected chi connectivity index (χ2v) is 9.03. The molecule has 7 heteroatoms. The van der Waals surface area contributed by atoms with Gasteiger partial charge in [0.05, 0.1) is 25.1 Å². The number of ether oxygens (including phenoxy) is 1. The minimum Gasteiger partial charge on any atom is -0.497 e. The Morgan fingerprint density at radius 3 is 2.18 bits per heavy atom. The molecule has 0 aliphatic heterocycles. The van der Waals surface area contributed by atoms with E-state index in [2.05, 4.69) is 19.2 Å². The number of carbonyl (C=O) groups excluding carboxylic acids is 1. The summed E-state index contributed by atoms with van der Waals surface area (Å²) in [5.41, 5.74) is 1.42. The Morgan fingerprint density at radius 1 is 1.07 bits per heavy atom. The highest BCUT2D eigenvalue weighted by Crippen LogP contribution is 2.23. The molecule has 0 aliphatic carbocycles. The molecule has 2 rings (SSSR count). The van der Waals surface area contributed by atoms with Crippen molar-refractivity contribution in [3.63, 3.8) is 0 Å². The molecule has 28 heavy (non-hydrogen) atoms. The van der Waals surface area contributed by atoms with Crippen molar-refractivity contribution in [3.05, 3.63) is 60.2 Å². The Morgan fingerprint density at radius 2 is 1.68 bits per heavy atom. The molecule has 2 aromatic carbocycles. The van der Waals surface area contributed by atoms with Crippen molar-refractivity contribution < 1.29 is 17.9 Å². The molecule has 0 saturated heterocycles. The number of hydrogen-bond donors (Lipinski definition) is 1. The first-order valence-electron chi connectivity index (χ1n) is 9.16. The lowest BCUT2D eigenvalue weighted by Gasteiger charge is -2.25. The van der Waals surface area contributed by atoms with Crippen molar-refractivity contribution in [2.24, 2.45) is 5.92 Å². The van der Waals surface area contributed by atoms with Gasteiger partial charge in [-0.1, -0.05) is 44.2 Å². The van der Waals surface area contributed by atoms with Gasteiger partial charge in [0, 0.05) is 0 Å². The van der Waals surface area contributed by atoms with Crippen LogP contribution in [-0.2, 0) is 14.8 Å². The molecule has 0 unspecified atom stereocenters. The molecular weight excluding hydrogens is 376 g/mol. The van der Waals surface area contributed by atoms with Crippen molar-refractivity contribution in [3.8, 4) is 5.75 Å². The minimum atomic E-state index is -3.62. The first kappa shape index (κ1) is 21.8. The summed E-state index contributed by atoms with van der Waals surface area (Å²) in [6.07, 6.45) is 1.85. The molecule has 0 bridgehead atoms. The summed E-state index contributed by atoms with van der Waals surface area (Å²) >= 11 is 0. The summed E-state index contributed by atoms with van der Waals surface area (Å²) in [5.74, 6) is 0.636. The lowest BCUT2D eigenvalue weighted by atomic mass is 9.97. The summed E-state index contributed by atoms with van der Waals surface area (Å²) in [5, 5.41) is 2.99.